The number of rotatable bonds is 4. The third-order valence-corrected chi connectivity index (χ3v) is 7.78. The molecule has 1 aromatic heterocycles. The van der Waals surface area contributed by atoms with E-state index in [1.165, 1.54) is 49.9 Å². The Morgan fingerprint density at radius 3 is 2.48 bits per heavy atom. The molecule has 1 atom stereocenters. The first-order valence-corrected chi connectivity index (χ1v) is 11.1. The van der Waals surface area contributed by atoms with Gasteiger partial charge in [0.15, 0.2) is 5.13 Å². The van der Waals surface area contributed by atoms with Gasteiger partial charge in [-0.3, -0.25) is 14.9 Å². The Balaban J connectivity index is 1.21. The molecule has 5 aliphatic rings. The van der Waals surface area contributed by atoms with E-state index in [2.05, 4.69) is 16.0 Å². The van der Waals surface area contributed by atoms with E-state index in [1.807, 2.05) is 0 Å². The summed E-state index contributed by atoms with van der Waals surface area (Å²) in [6.07, 6.45) is 9.92. The molecule has 2 N–H and O–H groups in total. The van der Waals surface area contributed by atoms with Gasteiger partial charge in [0.05, 0.1) is 11.8 Å². The van der Waals surface area contributed by atoms with Gasteiger partial charge in [-0.05, 0) is 69.1 Å². The molecule has 2 amide bonds. The Labute approximate surface area is 163 Å². The molecule has 4 bridgehead atoms. The minimum absolute atomic E-state index is 0.0318. The Kier molecular flexibility index (Phi) is 4.47. The second-order valence-corrected chi connectivity index (χ2v) is 9.89. The number of anilines is 1. The third kappa shape index (κ3) is 3.40. The maximum Gasteiger partial charge on any atom is 0.315 e. The van der Waals surface area contributed by atoms with E-state index < -0.39 is 11.8 Å². The van der Waals surface area contributed by atoms with Crippen molar-refractivity contribution in [2.24, 2.45) is 17.8 Å². The molecule has 27 heavy (non-hydrogen) atoms. The molecule has 6 rings (SSSR count). The van der Waals surface area contributed by atoms with Crippen molar-refractivity contribution in [3.8, 4) is 0 Å². The molecule has 0 spiro atoms. The highest BCUT2D eigenvalue weighted by atomic mass is 32.1. The molecule has 4 aliphatic carbocycles. The van der Waals surface area contributed by atoms with E-state index in [4.69, 9.17) is 9.72 Å². The molecule has 0 aromatic carbocycles. The monoisotopic (exact) mass is 389 g/mol. The summed E-state index contributed by atoms with van der Waals surface area (Å²) in [7, 11) is 0. The van der Waals surface area contributed by atoms with Crippen molar-refractivity contribution in [3.05, 3.63) is 11.1 Å². The minimum Gasteiger partial charge on any atom is -0.376 e. The molecule has 6 nitrogen and oxygen atoms in total. The summed E-state index contributed by atoms with van der Waals surface area (Å²) in [6.45, 7) is 1.13. The van der Waals surface area contributed by atoms with Crippen LogP contribution in [0.25, 0.3) is 0 Å². The molecule has 5 fully saturated rings. The Morgan fingerprint density at radius 1 is 1.15 bits per heavy atom. The maximum absolute atomic E-state index is 12.2. The standard InChI is InChI=1S/C20H27N3O3S/c24-17(21-10-15-2-1-3-26-15)18(25)23-19-22-16(11-27-19)20-7-12-4-13(8-20)6-14(5-12)9-20/h11-15H,1-10H2,(H,21,24)(H,22,23,25)/t12?,13?,14?,15-,20?/m0/s1. The molecule has 0 radical (unpaired) electrons. The van der Waals surface area contributed by atoms with E-state index in [0.29, 0.717) is 11.7 Å². The summed E-state index contributed by atoms with van der Waals surface area (Å²) in [5, 5.41) is 7.99. The van der Waals surface area contributed by atoms with E-state index in [0.717, 1.165) is 42.9 Å². The van der Waals surface area contributed by atoms with Crippen LogP contribution in [0.4, 0.5) is 5.13 Å². The predicted molar refractivity (Wildman–Crippen MR) is 103 cm³/mol. The number of carbonyl (C=O) groups is 2. The molecule has 0 unspecified atom stereocenters. The quantitative estimate of drug-likeness (QED) is 0.776. The number of nitrogens with one attached hydrogen (secondary N) is 2. The van der Waals surface area contributed by atoms with Crippen LogP contribution in [-0.2, 0) is 19.7 Å². The average molecular weight is 390 g/mol. The summed E-state index contributed by atoms with van der Waals surface area (Å²) >= 11 is 1.44. The number of hydrogen-bond donors (Lipinski definition) is 2. The number of thiazole rings is 1. The summed E-state index contributed by atoms with van der Waals surface area (Å²) in [6, 6.07) is 0. The highest BCUT2D eigenvalue weighted by molar-refractivity contribution is 7.14. The van der Waals surface area contributed by atoms with E-state index in [-0.39, 0.29) is 11.5 Å². The topological polar surface area (TPSA) is 80.3 Å². The lowest BCUT2D eigenvalue weighted by molar-refractivity contribution is -0.136. The van der Waals surface area contributed by atoms with Crippen LogP contribution in [0.1, 0.15) is 57.1 Å². The smallest absolute Gasteiger partial charge is 0.315 e. The molecule has 7 heteroatoms. The first kappa shape index (κ1) is 17.6. The van der Waals surface area contributed by atoms with Crippen molar-refractivity contribution in [3.63, 3.8) is 0 Å². The molecular weight excluding hydrogens is 362 g/mol. The molecule has 4 saturated carbocycles. The van der Waals surface area contributed by atoms with Crippen LogP contribution in [0.3, 0.4) is 0 Å². The number of ether oxygens (including phenoxy) is 1. The lowest BCUT2D eigenvalue weighted by Gasteiger charge is -2.56. The van der Waals surface area contributed by atoms with Gasteiger partial charge in [-0.15, -0.1) is 11.3 Å². The van der Waals surface area contributed by atoms with Crippen LogP contribution in [-0.4, -0.2) is 36.1 Å². The number of aromatic nitrogens is 1. The van der Waals surface area contributed by atoms with Crippen LogP contribution in [0.5, 0.6) is 0 Å². The van der Waals surface area contributed by atoms with Crippen LogP contribution in [0, 0.1) is 17.8 Å². The zero-order valence-corrected chi connectivity index (χ0v) is 16.4. The summed E-state index contributed by atoms with van der Waals surface area (Å²) < 4.78 is 5.46. The Bertz CT molecular complexity index is 705. The largest absolute Gasteiger partial charge is 0.376 e. The molecule has 2 heterocycles. The highest BCUT2D eigenvalue weighted by Gasteiger charge is 2.52. The van der Waals surface area contributed by atoms with Crippen LogP contribution < -0.4 is 10.6 Å². The number of nitrogens with zero attached hydrogens (tertiary/aromatic N) is 1. The van der Waals surface area contributed by atoms with Gasteiger partial charge in [-0.1, -0.05) is 0 Å². The second kappa shape index (κ2) is 6.85. The second-order valence-electron chi connectivity index (χ2n) is 9.03. The van der Waals surface area contributed by atoms with Gasteiger partial charge in [0.1, 0.15) is 0 Å². The molecular formula is C20H27N3O3S. The van der Waals surface area contributed by atoms with E-state index in [1.54, 1.807) is 0 Å². The third-order valence-electron chi connectivity index (χ3n) is 7.03. The lowest BCUT2D eigenvalue weighted by Crippen LogP contribution is -2.48. The summed E-state index contributed by atoms with van der Waals surface area (Å²) in [5.41, 5.74) is 1.36. The molecule has 1 saturated heterocycles. The molecule has 146 valence electrons. The van der Waals surface area contributed by atoms with Gasteiger partial charge >= 0.3 is 11.8 Å². The van der Waals surface area contributed by atoms with Gasteiger partial charge in [0.25, 0.3) is 0 Å². The van der Waals surface area contributed by atoms with E-state index >= 15 is 0 Å². The zero-order chi connectivity index (χ0) is 18.4. The lowest BCUT2D eigenvalue weighted by atomic mass is 9.49. The van der Waals surface area contributed by atoms with Crippen molar-refractivity contribution in [2.45, 2.75) is 62.9 Å². The maximum atomic E-state index is 12.2. The van der Waals surface area contributed by atoms with Crippen molar-refractivity contribution in [1.82, 2.24) is 10.3 Å². The zero-order valence-electron chi connectivity index (χ0n) is 15.5. The Hall–Kier alpha value is -1.47. The van der Waals surface area contributed by atoms with Crippen molar-refractivity contribution >= 4 is 28.3 Å². The fraction of sp³-hybridized carbons (Fsp3) is 0.750. The molecule has 1 aliphatic heterocycles. The van der Waals surface area contributed by atoms with Crippen molar-refractivity contribution < 1.29 is 14.3 Å². The first-order chi connectivity index (χ1) is 13.1. The van der Waals surface area contributed by atoms with Gasteiger partial charge < -0.3 is 10.1 Å². The first-order valence-electron chi connectivity index (χ1n) is 10.3. The summed E-state index contributed by atoms with van der Waals surface area (Å²) in [5.74, 6) is 1.33. The molecule has 1 aromatic rings. The SMILES string of the molecule is O=C(NC[C@@H]1CCCO1)C(=O)Nc1nc(C23CC4CC(CC(C4)C2)C3)cs1. The predicted octanol–water partition coefficient (Wildman–Crippen LogP) is 2.84. The van der Waals surface area contributed by atoms with Gasteiger partial charge in [-0.25, -0.2) is 4.98 Å². The Morgan fingerprint density at radius 2 is 1.85 bits per heavy atom. The van der Waals surface area contributed by atoms with Crippen LogP contribution in [0.15, 0.2) is 5.38 Å². The van der Waals surface area contributed by atoms with E-state index in [9.17, 15) is 9.59 Å². The highest BCUT2D eigenvalue weighted by Crippen LogP contribution is 2.60. The fourth-order valence-electron chi connectivity index (χ4n) is 6.25. The van der Waals surface area contributed by atoms with Crippen molar-refractivity contribution in [1.29, 1.82) is 0 Å². The number of hydrogen-bond acceptors (Lipinski definition) is 5. The number of carbonyl (C=O) groups excluding carboxylic acids is 2. The normalized spacial score (nSPS) is 36.7. The van der Waals surface area contributed by atoms with Gasteiger partial charge in [0, 0.05) is 23.9 Å². The van der Waals surface area contributed by atoms with Gasteiger partial charge in [-0.2, -0.15) is 0 Å². The van der Waals surface area contributed by atoms with Crippen molar-refractivity contribution in [2.75, 3.05) is 18.5 Å². The average Bonchev–Trinajstić information content (AvgIpc) is 3.30. The summed E-state index contributed by atoms with van der Waals surface area (Å²) in [4.78, 5) is 29.0. The number of amides is 2. The van der Waals surface area contributed by atoms with Crippen LogP contribution >= 0.6 is 11.3 Å². The van der Waals surface area contributed by atoms with Gasteiger partial charge in [0.2, 0.25) is 0 Å². The minimum atomic E-state index is -0.639. The van der Waals surface area contributed by atoms with Crippen LogP contribution in [0.2, 0.25) is 0 Å². The fourth-order valence-corrected chi connectivity index (χ4v) is 7.07.